The standard InChI is InChI=1S/C29H34N4O6S/c1-4-27(29(35)30-22(2)3)31(20-19-23-11-7-5-8-12-23)28(34)21-32(24-15-17-25(18-16-24)33(36)37)40(38,39)26-13-9-6-10-14-26/h5-18,22,27H,4,19-21H2,1-3H3,(H,30,35)/t27-/m0/s1. The van der Waals surface area contributed by atoms with Crippen LogP contribution in [0.1, 0.15) is 32.8 Å². The Balaban J connectivity index is 2.02. The van der Waals surface area contributed by atoms with Crippen molar-refractivity contribution in [3.05, 3.63) is 101 Å². The van der Waals surface area contributed by atoms with E-state index in [9.17, 15) is 28.1 Å². The highest BCUT2D eigenvalue weighted by molar-refractivity contribution is 7.92. The number of benzene rings is 3. The molecule has 0 aliphatic carbocycles. The molecule has 1 N–H and O–H groups in total. The maximum atomic E-state index is 13.9. The molecule has 212 valence electrons. The zero-order valence-corrected chi connectivity index (χ0v) is 23.6. The smallest absolute Gasteiger partial charge is 0.269 e. The predicted octanol–water partition coefficient (Wildman–Crippen LogP) is 4.16. The molecule has 3 aromatic carbocycles. The Morgan fingerprint density at radius 2 is 1.50 bits per heavy atom. The molecule has 0 saturated heterocycles. The molecule has 0 aromatic heterocycles. The van der Waals surface area contributed by atoms with Gasteiger partial charge in [0, 0.05) is 24.7 Å². The van der Waals surface area contributed by atoms with Crippen LogP contribution in [0.3, 0.4) is 0 Å². The number of carbonyl (C=O) groups is 2. The zero-order chi connectivity index (χ0) is 29.3. The van der Waals surface area contributed by atoms with Crippen LogP contribution in [-0.2, 0) is 26.0 Å². The fourth-order valence-corrected chi connectivity index (χ4v) is 5.70. The monoisotopic (exact) mass is 566 g/mol. The summed E-state index contributed by atoms with van der Waals surface area (Å²) in [4.78, 5) is 39.0. The predicted molar refractivity (Wildman–Crippen MR) is 153 cm³/mol. The number of nitro groups is 1. The average molecular weight is 567 g/mol. The lowest BCUT2D eigenvalue weighted by atomic mass is 10.1. The molecule has 10 nitrogen and oxygen atoms in total. The highest BCUT2D eigenvalue weighted by Crippen LogP contribution is 2.26. The molecular weight excluding hydrogens is 532 g/mol. The van der Waals surface area contributed by atoms with Gasteiger partial charge in [-0.3, -0.25) is 24.0 Å². The Morgan fingerprint density at radius 3 is 2.02 bits per heavy atom. The minimum atomic E-state index is -4.24. The van der Waals surface area contributed by atoms with Gasteiger partial charge in [-0.25, -0.2) is 8.42 Å². The van der Waals surface area contributed by atoms with Crippen LogP contribution in [0.4, 0.5) is 11.4 Å². The summed E-state index contributed by atoms with van der Waals surface area (Å²) in [5, 5.41) is 14.0. The molecule has 1 atom stereocenters. The molecule has 0 fully saturated rings. The van der Waals surface area contributed by atoms with Gasteiger partial charge in [-0.2, -0.15) is 0 Å². The number of carbonyl (C=O) groups excluding carboxylic acids is 2. The summed E-state index contributed by atoms with van der Waals surface area (Å²) in [6.45, 7) is 5.02. The number of sulfonamides is 1. The largest absolute Gasteiger partial charge is 0.352 e. The van der Waals surface area contributed by atoms with Gasteiger partial charge < -0.3 is 10.2 Å². The van der Waals surface area contributed by atoms with Gasteiger partial charge in [0.05, 0.1) is 15.5 Å². The summed E-state index contributed by atoms with van der Waals surface area (Å²) in [6.07, 6.45) is 0.781. The van der Waals surface area contributed by atoms with Crippen LogP contribution in [-0.4, -0.2) is 55.2 Å². The van der Waals surface area contributed by atoms with Crippen LogP contribution in [0.5, 0.6) is 0 Å². The Morgan fingerprint density at radius 1 is 0.925 bits per heavy atom. The molecular formula is C29H34N4O6S. The van der Waals surface area contributed by atoms with Gasteiger partial charge in [-0.05, 0) is 56.5 Å². The van der Waals surface area contributed by atoms with Crippen LogP contribution in [0.2, 0.25) is 0 Å². The third-order valence-corrected chi connectivity index (χ3v) is 8.05. The van der Waals surface area contributed by atoms with E-state index in [0.29, 0.717) is 12.8 Å². The van der Waals surface area contributed by atoms with E-state index in [2.05, 4.69) is 5.32 Å². The van der Waals surface area contributed by atoms with Gasteiger partial charge >= 0.3 is 0 Å². The average Bonchev–Trinajstić information content (AvgIpc) is 2.94. The van der Waals surface area contributed by atoms with Crippen molar-refractivity contribution in [1.29, 1.82) is 0 Å². The van der Waals surface area contributed by atoms with Gasteiger partial charge in [-0.1, -0.05) is 55.5 Å². The number of rotatable bonds is 13. The number of hydrogen-bond acceptors (Lipinski definition) is 6. The molecule has 3 rings (SSSR count). The maximum absolute atomic E-state index is 13.9. The van der Waals surface area contributed by atoms with Crippen LogP contribution in [0.25, 0.3) is 0 Å². The quantitative estimate of drug-likeness (QED) is 0.244. The highest BCUT2D eigenvalue weighted by atomic mass is 32.2. The Kier molecular flexibility index (Phi) is 10.4. The summed E-state index contributed by atoms with van der Waals surface area (Å²) >= 11 is 0. The van der Waals surface area contributed by atoms with E-state index in [0.717, 1.165) is 9.87 Å². The van der Waals surface area contributed by atoms with Crippen molar-refractivity contribution in [3.8, 4) is 0 Å². The Hall–Kier alpha value is -4.25. The van der Waals surface area contributed by atoms with Crippen molar-refractivity contribution in [1.82, 2.24) is 10.2 Å². The fourth-order valence-electron chi connectivity index (χ4n) is 4.27. The fraction of sp³-hybridized carbons (Fsp3) is 0.310. The van der Waals surface area contributed by atoms with Crippen molar-refractivity contribution >= 4 is 33.2 Å². The van der Waals surface area contributed by atoms with E-state index in [-0.39, 0.29) is 34.8 Å². The van der Waals surface area contributed by atoms with E-state index in [1.807, 2.05) is 44.2 Å². The molecule has 0 heterocycles. The van der Waals surface area contributed by atoms with Crippen LogP contribution < -0.4 is 9.62 Å². The molecule has 0 saturated carbocycles. The van der Waals surface area contributed by atoms with Crippen LogP contribution in [0.15, 0.2) is 89.8 Å². The molecule has 11 heteroatoms. The first-order valence-corrected chi connectivity index (χ1v) is 14.4. The molecule has 0 radical (unpaired) electrons. The normalized spacial score (nSPS) is 12.0. The van der Waals surface area contributed by atoms with E-state index in [1.54, 1.807) is 25.1 Å². The molecule has 0 bridgehead atoms. The second-order valence-corrected chi connectivity index (χ2v) is 11.4. The summed E-state index contributed by atoms with van der Waals surface area (Å²) in [7, 11) is -4.24. The lowest BCUT2D eigenvalue weighted by Gasteiger charge is -2.33. The van der Waals surface area contributed by atoms with Gasteiger partial charge in [0.15, 0.2) is 0 Å². The van der Waals surface area contributed by atoms with Gasteiger partial charge in [0.25, 0.3) is 15.7 Å². The van der Waals surface area contributed by atoms with Gasteiger partial charge in [-0.15, -0.1) is 0 Å². The van der Waals surface area contributed by atoms with Crippen LogP contribution in [0, 0.1) is 10.1 Å². The SMILES string of the molecule is CC[C@@H](C(=O)NC(C)C)N(CCc1ccccc1)C(=O)CN(c1ccc([N+](=O)[O-])cc1)S(=O)(=O)c1ccccc1. The van der Waals surface area contributed by atoms with Crippen molar-refractivity contribution in [2.75, 3.05) is 17.4 Å². The van der Waals surface area contributed by atoms with Crippen molar-refractivity contribution in [2.45, 2.75) is 50.6 Å². The number of anilines is 1. The Labute approximate surface area is 234 Å². The molecule has 0 unspecified atom stereocenters. The van der Waals surface area contributed by atoms with Gasteiger partial charge in [0.1, 0.15) is 12.6 Å². The van der Waals surface area contributed by atoms with Gasteiger partial charge in [0.2, 0.25) is 11.8 Å². The van der Waals surface area contributed by atoms with E-state index < -0.39 is 33.4 Å². The molecule has 40 heavy (non-hydrogen) atoms. The lowest BCUT2D eigenvalue weighted by Crippen LogP contribution is -2.54. The first kappa shape index (κ1) is 30.3. The molecule has 3 aromatic rings. The number of nitrogens with one attached hydrogen (secondary N) is 1. The first-order chi connectivity index (χ1) is 19.0. The number of nitrogens with zero attached hydrogens (tertiary/aromatic N) is 3. The van der Waals surface area contributed by atoms with E-state index in [4.69, 9.17) is 0 Å². The maximum Gasteiger partial charge on any atom is 0.269 e. The Bertz CT molecular complexity index is 1400. The molecule has 0 aliphatic heterocycles. The number of hydrogen-bond donors (Lipinski definition) is 1. The third-order valence-electron chi connectivity index (χ3n) is 6.26. The van der Waals surface area contributed by atoms with E-state index in [1.165, 1.54) is 41.3 Å². The van der Waals surface area contributed by atoms with Crippen molar-refractivity contribution in [2.24, 2.45) is 0 Å². The highest BCUT2D eigenvalue weighted by Gasteiger charge is 2.33. The molecule has 2 amide bonds. The molecule has 0 aliphatic rings. The summed E-state index contributed by atoms with van der Waals surface area (Å²) in [5.74, 6) is -0.897. The van der Waals surface area contributed by atoms with Crippen molar-refractivity contribution in [3.63, 3.8) is 0 Å². The summed E-state index contributed by atoms with van der Waals surface area (Å²) < 4.78 is 28.4. The van der Waals surface area contributed by atoms with E-state index >= 15 is 0 Å². The summed E-state index contributed by atoms with van der Waals surface area (Å²) in [5.41, 5.74) is 0.835. The third kappa shape index (κ3) is 7.66. The minimum absolute atomic E-state index is 0.0402. The zero-order valence-electron chi connectivity index (χ0n) is 22.8. The second kappa shape index (κ2) is 13.7. The lowest BCUT2D eigenvalue weighted by molar-refractivity contribution is -0.384. The second-order valence-electron chi connectivity index (χ2n) is 9.51. The number of amides is 2. The topological polar surface area (TPSA) is 130 Å². The summed E-state index contributed by atoms with van der Waals surface area (Å²) in [6, 6.07) is 21.1. The number of nitro benzene ring substituents is 1. The minimum Gasteiger partial charge on any atom is -0.352 e. The first-order valence-electron chi connectivity index (χ1n) is 13.0. The number of non-ortho nitro benzene ring substituents is 1. The molecule has 0 spiro atoms. The van der Waals surface area contributed by atoms with Crippen LogP contribution >= 0.6 is 0 Å². The van der Waals surface area contributed by atoms with Crippen molar-refractivity contribution < 1.29 is 22.9 Å².